The molecule has 30 heavy (non-hydrogen) atoms. The number of thiazole rings is 1. The van der Waals surface area contributed by atoms with E-state index in [-0.39, 0.29) is 11.7 Å². The van der Waals surface area contributed by atoms with E-state index < -0.39 is 0 Å². The molecule has 0 aliphatic carbocycles. The van der Waals surface area contributed by atoms with E-state index in [9.17, 15) is 4.79 Å². The summed E-state index contributed by atoms with van der Waals surface area (Å²) in [5.41, 5.74) is 1.55. The van der Waals surface area contributed by atoms with Crippen molar-refractivity contribution in [3.63, 3.8) is 0 Å². The Balaban J connectivity index is 1.27. The Bertz CT molecular complexity index is 1150. The summed E-state index contributed by atoms with van der Waals surface area (Å²) in [5.74, 6) is 0.840. The molecule has 0 bridgehead atoms. The molecule has 0 aliphatic rings. The van der Waals surface area contributed by atoms with Crippen molar-refractivity contribution in [2.75, 3.05) is 16.4 Å². The molecule has 0 aliphatic heterocycles. The molecule has 12 heteroatoms. The Hall–Kier alpha value is -2.11. The molecule has 3 heterocycles. The van der Waals surface area contributed by atoms with Gasteiger partial charge in [-0.3, -0.25) is 4.79 Å². The number of amides is 1. The molecule has 2 N–H and O–H groups in total. The predicted molar refractivity (Wildman–Crippen MR) is 123 cm³/mol. The Kier molecular flexibility index (Phi) is 6.90. The Morgan fingerprint density at radius 3 is 2.87 bits per heavy atom. The smallest absolute Gasteiger partial charge is 0.236 e. The summed E-state index contributed by atoms with van der Waals surface area (Å²) < 4.78 is 5.95. The van der Waals surface area contributed by atoms with E-state index in [1.165, 1.54) is 34.4 Å². The van der Waals surface area contributed by atoms with Crippen LogP contribution in [0.1, 0.15) is 5.76 Å². The van der Waals surface area contributed by atoms with E-state index >= 15 is 0 Å². The molecule has 1 amide bonds. The van der Waals surface area contributed by atoms with E-state index in [2.05, 4.69) is 25.8 Å². The molecule has 4 rings (SSSR count). The van der Waals surface area contributed by atoms with Gasteiger partial charge in [0.2, 0.25) is 11.0 Å². The van der Waals surface area contributed by atoms with Crippen LogP contribution < -0.4 is 10.6 Å². The van der Waals surface area contributed by atoms with E-state index in [1.807, 2.05) is 23.6 Å². The zero-order valence-corrected chi connectivity index (χ0v) is 19.1. The van der Waals surface area contributed by atoms with Gasteiger partial charge >= 0.3 is 0 Å². The van der Waals surface area contributed by atoms with E-state index in [4.69, 9.17) is 27.6 Å². The van der Waals surface area contributed by atoms with Crippen LogP contribution in [-0.2, 0) is 11.3 Å². The summed E-state index contributed by atoms with van der Waals surface area (Å²) >= 11 is 16.0. The summed E-state index contributed by atoms with van der Waals surface area (Å²) in [4.78, 5) is 16.7. The van der Waals surface area contributed by atoms with Crippen molar-refractivity contribution in [1.29, 1.82) is 0 Å². The van der Waals surface area contributed by atoms with Gasteiger partial charge in [0, 0.05) is 10.9 Å². The monoisotopic (exact) mass is 497 g/mol. The third kappa shape index (κ3) is 5.52. The van der Waals surface area contributed by atoms with Crippen LogP contribution in [-0.4, -0.2) is 26.8 Å². The number of nitrogens with zero attached hydrogens (tertiary/aromatic N) is 3. The second-order valence-electron chi connectivity index (χ2n) is 5.81. The van der Waals surface area contributed by atoms with Gasteiger partial charge in [-0.25, -0.2) is 4.98 Å². The number of carbonyl (C=O) groups is 1. The number of halogens is 2. The lowest BCUT2D eigenvalue weighted by molar-refractivity contribution is -0.113. The third-order valence-corrected chi connectivity index (χ3v) is 7.20. The van der Waals surface area contributed by atoms with Gasteiger partial charge in [0.1, 0.15) is 5.76 Å². The van der Waals surface area contributed by atoms with Crippen molar-refractivity contribution in [3.05, 3.63) is 57.8 Å². The van der Waals surface area contributed by atoms with Crippen LogP contribution in [0.3, 0.4) is 0 Å². The fourth-order valence-corrected chi connectivity index (χ4v) is 4.90. The Labute approximate surface area is 193 Å². The van der Waals surface area contributed by atoms with Gasteiger partial charge in [0.25, 0.3) is 0 Å². The number of thioether (sulfide) groups is 1. The fraction of sp³-hybridized carbons (Fsp3) is 0.111. The second kappa shape index (κ2) is 9.80. The highest BCUT2D eigenvalue weighted by atomic mass is 35.5. The number of nitrogens with one attached hydrogen (secondary N) is 2. The van der Waals surface area contributed by atoms with Crippen LogP contribution in [0.2, 0.25) is 10.0 Å². The molecule has 0 saturated heterocycles. The second-order valence-corrected chi connectivity index (χ2v) is 9.68. The number of aromatic nitrogens is 3. The van der Waals surface area contributed by atoms with Crippen molar-refractivity contribution in [2.45, 2.75) is 10.9 Å². The number of rotatable bonds is 8. The maximum atomic E-state index is 12.2. The first-order chi connectivity index (χ1) is 14.6. The summed E-state index contributed by atoms with van der Waals surface area (Å²) in [6.45, 7) is 0.526. The molecule has 0 atom stereocenters. The first-order valence-electron chi connectivity index (χ1n) is 8.50. The van der Waals surface area contributed by atoms with Crippen molar-refractivity contribution < 1.29 is 9.21 Å². The number of anilines is 2. The van der Waals surface area contributed by atoms with Crippen molar-refractivity contribution in [1.82, 2.24) is 15.2 Å². The van der Waals surface area contributed by atoms with E-state index in [0.29, 0.717) is 31.2 Å². The van der Waals surface area contributed by atoms with Crippen LogP contribution >= 0.6 is 57.6 Å². The van der Waals surface area contributed by atoms with Gasteiger partial charge in [-0.1, -0.05) is 52.4 Å². The highest BCUT2D eigenvalue weighted by Crippen LogP contribution is 2.31. The summed E-state index contributed by atoms with van der Waals surface area (Å²) in [5, 5.41) is 18.0. The highest BCUT2D eigenvalue weighted by Gasteiger charge is 2.12. The molecule has 3 aromatic heterocycles. The van der Waals surface area contributed by atoms with E-state index in [1.54, 1.807) is 18.4 Å². The van der Waals surface area contributed by atoms with Crippen molar-refractivity contribution >= 4 is 73.8 Å². The van der Waals surface area contributed by atoms with Gasteiger partial charge in [0.05, 0.1) is 34.3 Å². The molecule has 0 unspecified atom stereocenters. The molecule has 0 spiro atoms. The zero-order chi connectivity index (χ0) is 20.9. The van der Waals surface area contributed by atoms with Gasteiger partial charge in [-0.15, -0.1) is 21.5 Å². The van der Waals surface area contributed by atoms with Gasteiger partial charge < -0.3 is 15.1 Å². The van der Waals surface area contributed by atoms with Crippen LogP contribution in [0.4, 0.5) is 10.3 Å². The molecular weight excluding hydrogens is 485 g/mol. The Morgan fingerprint density at radius 2 is 2.07 bits per heavy atom. The van der Waals surface area contributed by atoms with Crippen LogP contribution in [0, 0.1) is 0 Å². The normalized spacial score (nSPS) is 10.9. The van der Waals surface area contributed by atoms with E-state index in [0.717, 1.165) is 17.0 Å². The number of hydrogen-bond acceptors (Lipinski definition) is 9. The average Bonchev–Trinajstić information content (AvgIpc) is 3.49. The molecule has 0 fully saturated rings. The van der Waals surface area contributed by atoms with Gasteiger partial charge in [-0.2, -0.15) is 0 Å². The zero-order valence-electron chi connectivity index (χ0n) is 15.1. The predicted octanol–water partition coefficient (Wildman–Crippen LogP) is 5.90. The largest absolute Gasteiger partial charge is 0.467 e. The van der Waals surface area contributed by atoms with Gasteiger partial charge in [0.15, 0.2) is 9.47 Å². The molecule has 0 radical (unpaired) electrons. The van der Waals surface area contributed by atoms with Crippen LogP contribution in [0.25, 0.3) is 11.3 Å². The molecule has 154 valence electrons. The van der Waals surface area contributed by atoms with Crippen molar-refractivity contribution in [2.24, 2.45) is 0 Å². The van der Waals surface area contributed by atoms with Crippen molar-refractivity contribution in [3.8, 4) is 11.3 Å². The molecule has 1 aromatic carbocycles. The lowest BCUT2D eigenvalue weighted by Crippen LogP contribution is -2.13. The Morgan fingerprint density at radius 1 is 1.17 bits per heavy atom. The molecule has 4 aromatic rings. The minimum absolute atomic E-state index is 0.171. The molecule has 7 nitrogen and oxygen atoms in total. The number of carbonyl (C=O) groups excluding carboxylic acids is 1. The SMILES string of the molecule is O=C(CSc1nnc(NCc2ccco2)s1)Nc1nc(-c2ccc(Cl)c(Cl)c2)cs1. The number of benzene rings is 1. The molecular formula is C18H13Cl2N5O2S3. The summed E-state index contributed by atoms with van der Waals surface area (Å²) in [6, 6.07) is 8.99. The first kappa shape index (κ1) is 21.1. The minimum Gasteiger partial charge on any atom is -0.467 e. The summed E-state index contributed by atoms with van der Waals surface area (Å²) in [6.07, 6.45) is 1.62. The van der Waals surface area contributed by atoms with Crippen LogP contribution in [0.5, 0.6) is 0 Å². The third-order valence-electron chi connectivity index (χ3n) is 3.69. The lowest BCUT2D eigenvalue weighted by atomic mass is 10.2. The topological polar surface area (TPSA) is 92.9 Å². The maximum Gasteiger partial charge on any atom is 0.236 e. The number of hydrogen-bond donors (Lipinski definition) is 2. The van der Waals surface area contributed by atoms with Gasteiger partial charge in [-0.05, 0) is 24.3 Å². The standard InChI is InChI=1S/C18H13Cl2N5O2S3/c19-12-4-3-10(6-13(12)20)14-8-28-17(22-14)23-15(26)9-29-18-25-24-16(30-18)21-7-11-2-1-5-27-11/h1-6,8H,7,9H2,(H,21,24)(H,22,23,26). The quantitative estimate of drug-likeness (QED) is 0.292. The maximum absolute atomic E-state index is 12.2. The minimum atomic E-state index is -0.171. The lowest BCUT2D eigenvalue weighted by Gasteiger charge is -2.01. The molecule has 0 saturated carbocycles. The summed E-state index contributed by atoms with van der Waals surface area (Å²) in [7, 11) is 0. The fourth-order valence-electron chi connectivity index (χ4n) is 2.32. The average molecular weight is 498 g/mol. The van der Waals surface area contributed by atoms with Crippen LogP contribution in [0.15, 0.2) is 50.7 Å². The highest BCUT2D eigenvalue weighted by molar-refractivity contribution is 8.01. The first-order valence-corrected chi connectivity index (χ1v) is 11.9. The number of furan rings is 1.